The second kappa shape index (κ2) is 5.57. The minimum atomic E-state index is 0.0355. The van der Waals surface area contributed by atoms with Crippen molar-refractivity contribution in [1.82, 2.24) is 10.1 Å². The largest absolute Gasteiger partial charge is 0.506 e. The van der Waals surface area contributed by atoms with Gasteiger partial charge in [0, 0.05) is 16.5 Å². The summed E-state index contributed by atoms with van der Waals surface area (Å²) in [4.78, 5) is 4.34. The van der Waals surface area contributed by atoms with Crippen molar-refractivity contribution in [3.05, 3.63) is 58.3 Å². The number of aromatic hydroxyl groups is 1. The summed E-state index contributed by atoms with van der Waals surface area (Å²) in [7, 11) is 0. The van der Waals surface area contributed by atoms with E-state index in [9.17, 15) is 5.11 Å². The first-order valence-corrected chi connectivity index (χ1v) is 7.07. The van der Waals surface area contributed by atoms with Crippen molar-refractivity contribution in [1.29, 1.82) is 0 Å². The van der Waals surface area contributed by atoms with Crippen LogP contribution >= 0.6 is 15.9 Å². The maximum absolute atomic E-state index is 9.42. The topological polar surface area (TPSA) is 85.2 Å². The van der Waals surface area contributed by atoms with Gasteiger partial charge in [-0.25, -0.2) is 0 Å². The van der Waals surface area contributed by atoms with Crippen LogP contribution in [0.25, 0.3) is 11.5 Å². The molecule has 3 N–H and O–H groups in total. The number of rotatable bonds is 3. The zero-order valence-electron chi connectivity index (χ0n) is 11.0. The van der Waals surface area contributed by atoms with Gasteiger partial charge in [0.15, 0.2) is 5.82 Å². The van der Waals surface area contributed by atoms with Crippen LogP contribution in [0.15, 0.2) is 51.5 Å². The van der Waals surface area contributed by atoms with Gasteiger partial charge in [-0.1, -0.05) is 33.2 Å². The number of nitrogens with two attached hydrogens (primary N) is 1. The SMILES string of the molecule is Nc1cc(-c2nc(Cc3ccc(Br)cc3)no2)ccc1O. The molecule has 106 valence electrons. The third-order valence-electron chi connectivity index (χ3n) is 3.02. The Labute approximate surface area is 129 Å². The van der Waals surface area contributed by atoms with Crippen LogP contribution in [0.1, 0.15) is 11.4 Å². The Morgan fingerprint density at radius 3 is 2.62 bits per heavy atom. The zero-order valence-corrected chi connectivity index (χ0v) is 12.5. The molecule has 0 amide bonds. The maximum atomic E-state index is 9.42. The lowest BCUT2D eigenvalue weighted by atomic mass is 10.1. The number of halogens is 1. The lowest BCUT2D eigenvalue weighted by Gasteiger charge is -1.99. The molecule has 0 aliphatic carbocycles. The molecule has 3 rings (SSSR count). The number of nitrogen functional groups attached to an aromatic ring is 1. The van der Waals surface area contributed by atoms with Gasteiger partial charge >= 0.3 is 0 Å². The Balaban J connectivity index is 1.82. The lowest BCUT2D eigenvalue weighted by molar-refractivity contribution is 0.424. The summed E-state index contributed by atoms with van der Waals surface area (Å²) in [6, 6.07) is 12.7. The van der Waals surface area contributed by atoms with Gasteiger partial charge in [-0.3, -0.25) is 0 Å². The van der Waals surface area contributed by atoms with Crippen molar-refractivity contribution in [3.63, 3.8) is 0 Å². The second-order valence-corrected chi connectivity index (χ2v) is 5.51. The molecule has 6 heteroatoms. The Morgan fingerprint density at radius 1 is 1.14 bits per heavy atom. The Hall–Kier alpha value is -2.34. The summed E-state index contributed by atoms with van der Waals surface area (Å²) in [6.45, 7) is 0. The van der Waals surface area contributed by atoms with Crippen LogP contribution in [0, 0.1) is 0 Å². The number of aromatic nitrogens is 2. The predicted molar refractivity (Wildman–Crippen MR) is 82.8 cm³/mol. The van der Waals surface area contributed by atoms with Gasteiger partial charge in [0.05, 0.1) is 5.69 Å². The fourth-order valence-corrected chi connectivity index (χ4v) is 2.18. The summed E-state index contributed by atoms with van der Waals surface area (Å²) in [5.41, 5.74) is 7.71. The van der Waals surface area contributed by atoms with Gasteiger partial charge in [-0.05, 0) is 35.9 Å². The monoisotopic (exact) mass is 345 g/mol. The lowest BCUT2D eigenvalue weighted by Crippen LogP contribution is -1.91. The second-order valence-electron chi connectivity index (χ2n) is 4.59. The third-order valence-corrected chi connectivity index (χ3v) is 3.55. The predicted octanol–water partition coefficient (Wildman–Crippen LogP) is 3.38. The summed E-state index contributed by atoms with van der Waals surface area (Å²) in [6.07, 6.45) is 0.588. The number of hydrogen-bond donors (Lipinski definition) is 2. The van der Waals surface area contributed by atoms with Crippen LogP contribution < -0.4 is 5.73 Å². The normalized spacial score (nSPS) is 10.7. The van der Waals surface area contributed by atoms with E-state index in [4.69, 9.17) is 10.3 Å². The first kappa shape index (κ1) is 13.6. The molecule has 5 nitrogen and oxygen atoms in total. The highest BCUT2D eigenvalue weighted by Gasteiger charge is 2.10. The molecular formula is C15H12BrN3O2. The molecule has 3 aromatic rings. The van der Waals surface area contributed by atoms with Crippen molar-refractivity contribution in [2.24, 2.45) is 0 Å². The molecule has 0 atom stereocenters. The first-order chi connectivity index (χ1) is 10.1. The van der Waals surface area contributed by atoms with Gasteiger partial charge in [-0.2, -0.15) is 4.98 Å². The van der Waals surface area contributed by atoms with Crippen molar-refractivity contribution in [3.8, 4) is 17.2 Å². The molecule has 0 unspecified atom stereocenters. The molecule has 0 saturated heterocycles. The van der Waals surface area contributed by atoms with E-state index in [0.717, 1.165) is 10.0 Å². The van der Waals surface area contributed by atoms with E-state index in [2.05, 4.69) is 26.1 Å². The highest BCUT2D eigenvalue weighted by atomic mass is 79.9. The van der Waals surface area contributed by atoms with Gasteiger partial charge in [0.2, 0.25) is 0 Å². The van der Waals surface area contributed by atoms with Crippen molar-refractivity contribution in [2.75, 3.05) is 5.73 Å². The molecule has 0 radical (unpaired) electrons. The van der Waals surface area contributed by atoms with Crippen LogP contribution in [0.4, 0.5) is 5.69 Å². The molecular weight excluding hydrogens is 334 g/mol. The fraction of sp³-hybridized carbons (Fsp3) is 0.0667. The van der Waals surface area contributed by atoms with E-state index < -0.39 is 0 Å². The average molecular weight is 346 g/mol. The van der Waals surface area contributed by atoms with E-state index >= 15 is 0 Å². The van der Waals surface area contributed by atoms with Gasteiger partial charge in [0.1, 0.15) is 5.75 Å². The van der Waals surface area contributed by atoms with Crippen LogP contribution in [0.3, 0.4) is 0 Å². The number of hydrogen-bond acceptors (Lipinski definition) is 5. The molecule has 0 saturated carbocycles. The van der Waals surface area contributed by atoms with Crippen LogP contribution in [0.2, 0.25) is 0 Å². The minimum Gasteiger partial charge on any atom is -0.506 e. The minimum absolute atomic E-state index is 0.0355. The Bertz CT molecular complexity index is 769. The fourth-order valence-electron chi connectivity index (χ4n) is 1.92. The number of nitrogens with zero attached hydrogens (tertiary/aromatic N) is 2. The molecule has 2 aromatic carbocycles. The van der Waals surface area contributed by atoms with Crippen LogP contribution in [0.5, 0.6) is 5.75 Å². The smallest absolute Gasteiger partial charge is 0.258 e. The van der Waals surface area contributed by atoms with E-state index in [0.29, 0.717) is 23.7 Å². The highest BCUT2D eigenvalue weighted by molar-refractivity contribution is 9.10. The van der Waals surface area contributed by atoms with Crippen molar-refractivity contribution >= 4 is 21.6 Å². The van der Waals surface area contributed by atoms with Gasteiger partial charge in [0.25, 0.3) is 5.89 Å². The summed E-state index contributed by atoms with van der Waals surface area (Å²) in [5, 5.41) is 13.4. The van der Waals surface area contributed by atoms with E-state index in [1.54, 1.807) is 12.1 Å². The third kappa shape index (κ3) is 3.05. The Morgan fingerprint density at radius 2 is 1.90 bits per heavy atom. The highest BCUT2D eigenvalue weighted by Crippen LogP contribution is 2.26. The first-order valence-electron chi connectivity index (χ1n) is 6.28. The summed E-state index contributed by atoms with van der Waals surface area (Å²) >= 11 is 3.40. The molecule has 0 bridgehead atoms. The standard InChI is InChI=1S/C15H12BrN3O2/c16-11-4-1-9(2-5-11)7-14-18-15(21-19-14)10-3-6-13(20)12(17)8-10/h1-6,8,20H,7,17H2. The summed E-state index contributed by atoms with van der Waals surface area (Å²) < 4.78 is 6.26. The zero-order chi connectivity index (χ0) is 14.8. The number of benzene rings is 2. The Kier molecular flexibility index (Phi) is 3.62. The van der Waals surface area contributed by atoms with Crippen molar-refractivity contribution in [2.45, 2.75) is 6.42 Å². The van der Waals surface area contributed by atoms with Gasteiger partial charge < -0.3 is 15.4 Å². The molecule has 1 heterocycles. The molecule has 1 aromatic heterocycles. The number of anilines is 1. The molecule has 0 fully saturated rings. The van der Waals surface area contributed by atoms with E-state index in [-0.39, 0.29) is 11.4 Å². The number of phenols is 1. The number of phenolic OH excluding ortho intramolecular Hbond substituents is 1. The van der Waals surface area contributed by atoms with Crippen molar-refractivity contribution < 1.29 is 9.63 Å². The molecule has 0 spiro atoms. The maximum Gasteiger partial charge on any atom is 0.258 e. The quantitative estimate of drug-likeness (QED) is 0.561. The van der Waals surface area contributed by atoms with Gasteiger partial charge in [-0.15, -0.1) is 0 Å². The average Bonchev–Trinajstić information content (AvgIpc) is 2.93. The van der Waals surface area contributed by atoms with Crippen LogP contribution in [-0.2, 0) is 6.42 Å². The van der Waals surface area contributed by atoms with E-state index in [1.807, 2.05) is 24.3 Å². The molecule has 0 aliphatic rings. The molecule has 0 aliphatic heterocycles. The molecule has 21 heavy (non-hydrogen) atoms. The van der Waals surface area contributed by atoms with E-state index in [1.165, 1.54) is 6.07 Å². The summed E-state index contributed by atoms with van der Waals surface area (Å²) in [5.74, 6) is 1.01. The van der Waals surface area contributed by atoms with Crippen LogP contribution in [-0.4, -0.2) is 15.2 Å².